The summed E-state index contributed by atoms with van der Waals surface area (Å²) in [4.78, 5) is 6.05. The standard InChI is InChI=1S/C19H29N3OS2/c1-21(14-17-6-4-12-23-17)16-8-10-22(11-9-16)19(24)20-15-5-3-7-18(13-15)25-2/h3,5,7,13,16-17H,4,6,8-12,14H2,1-2H3,(H,20,24)/t17-/m1/s1. The second-order valence-corrected chi connectivity index (χ2v) is 8.22. The highest BCUT2D eigenvalue weighted by atomic mass is 32.2. The number of thiocarbonyl (C=S) groups is 1. The van der Waals surface area contributed by atoms with Crippen molar-refractivity contribution in [3.05, 3.63) is 24.3 Å². The highest BCUT2D eigenvalue weighted by Gasteiger charge is 2.26. The van der Waals surface area contributed by atoms with Crippen LogP contribution in [-0.4, -0.2) is 66.6 Å². The van der Waals surface area contributed by atoms with E-state index >= 15 is 0 Å². The predicted molar refractivity (Wildman–Crippen MR) is 111 cm³/mol. The van der Waals surface area contributed by atoms with Crippen molar-refractivity contribution in [1.29, 1.82) is 0 Å². The van der Waals surface area contributed by atoms with Gasteiger partial charge in [-0.05, 0) is 69.4 Å². The quantitative estimate of drug-likeness (QED) is 0.620. The van der Waals surface area contributed by atoms with Gasteiger partial charge in [0, 0.05) is 42.9 Å². The minimum atomic E-state index is 0.439. The number of ether oxygens (including phenoxy) is 1. The summed E-state index contributed by atoms with van der Waals surface area (Å²) in [6, 6.07) is 9.06. The zero-order valence-corrected chi connectivity index (χ0v) is 16.9. The van der Waals surface area contributed by atoms with Crippen LogP contribution in [0.15, 0.2) is 29.2 Å². The monoisotopic (exact) mass is 379 g/mol. The molecule has 1 aromatic rings. The predicted octanol–water partition coefficient (Wildman–Crippen LogP) is 3.68. The van der Waals surface area contributed by atoms with E-state index in [1.54, 1.807) is 11.8 Å². The Hall–Kier alpha value is -0.820. The molecule has 0 saturated carbocycles. The molecule has 25 heavy (non-hydrogen) atoms. The molecular formula is C19H29N3OS2. The Kier molecular flexibility index (Phi) is 6.99. The number of likely N-dealkylation sites (N-methyl/N-ethyl adjacent to an activating group) is 1. The van der Waals surface area contributed by atoms with Crippen molar-refractivity contribution in [1.82, 2.24) is 9.80 Å². The lowest BCUT2D eigenvalue weighted by molar-refractivity contribution is 0.0576. The SMILES string of the molecule is CSc1cccc(NC(=S)N2CCC(N(C)C[C@H]3CCCO3)CC2)c1. The van der Waals surface area contributed by atoms with Crippen molar-refractivity contribution in [3.63, 3.8) is 0 Å². The smallest absolute Gasteiger partial charge is 0.173 e. The lowest BCUT2D eigenvalue weighted by Crippen LogP contribution is -2.48. The first-order valence-electron chi connectivity index (χ1n) is 9.17. The summed E-state index contributed by atoms with van der Waals surface area (Å²) >= 11 is 7.38. The van der Waals surface area contributed by atoms with Gasteiger partial charge in [-0.3, -0.25) is 0 Å². The number of nitrogens with zero attached hydrogens (tertiary/aromatic N) is 2. The number of hydrogen-bond donors (Lipinski definition) is 1. The van der Waals surface area contributed by atoms with Gasteiger partial charge < -0.3 is 19.9 Å². The fourth-order valence-electron chi connectivity index (χ4n) is 3.67. The number of anilines is 1. The summed E-state index contributed by atoms with van der Waals surface area (Å²) in [6.07, 6.45) is 7.29. The van der Waals surface area contributed by atoms with E-state index < -0.39 is 0 Å². The Bertz CT molecular complexity index is 570. The number of likely N-dealkylation sites (tertiary alicyclic amines) is 1. The third-order valence-electron chi connectivity index (χ3n) is 5.21. The summed E-state index contributed by atoms with van der Waals surface area (Å²) in [5.74, 6) is 0. The first-order chi connectivity index (χ1) is 12.2. The molecule has 0 unspecified atom stereocenters. The van der Waals surface area contributed by atoms with Crippen molar-refractivity contribution in [2.45, 2.75) is 42.7 Å². The molecule has 0 bridgehead atoms. The van der Waals surface area contributed by atoms with Gasteiger partial charge in [0.25, 0.3) is 0 Å². The minimum absolute atomic E-state index is 0.439. The van der Waals surface area contributed by atoms with Gasteiger partial charge in [-0.1, -0.05) is 6.07 Å². The zero-order chi connectivity index (χ0) is 17.6. The Morgan fingerprint density at radius 1 is 1.36 bits per heavy atom. The first-order valence-corrected chi connectivity index (χ1v) is 10.8. The van der Waals surface area contributed by atoms with E-state index in [4.69, 9.17) is 17.0 Å². The van der Waals surface area contributed by atoms with E-state index in [1.165, 1.54) is 17.7 Å². The first kappa shape index (κ1) is 19.0. The van der Waals surface area contributed by atoms with E-state index in [0.29, 0.717) is 12.1 Å². The summed E-state index contributed by atoms with van der Waals surface area (Å²) < 4.78 is 5.77. The van der Waals surface area contributed by atoms with Crippen molar-refractivity contribution in [2.75, 3.05) is 44.9 Å². The maximum atomic E-state index is 5.77. The average molecular weight is 380 g/mol. The summed E-state index contributed by atoms with van der Waals surface area (Å²) in [7, 11) is 2.24. The molecule has 2 fully saturated rings. The van der Waals surface area contributed by atoms with E-state index in [1.807, 2.05) is 0 Å². The van der Waals surface area contributed by atoms with Crippen LogP contribution in [0.25, 0.3) is 0 Å². The molecule has 0 radical (unpaired) electrons. The zero-order valence-electron chi connectivity index (χ0n) is 15.2. The molecule has 0 aromatic heterocycles. The average Bonchev–Trinajstić information content (AvgIpc) is 3.15. The Labute approximate surface area is 161 Å². The van der Waals surface area contributed by atoms with E-state index in [0.717, 1.165) is 49.9 Å². The third-order valence-corrected chi connectivity index (χ3v) is 6.30. The molecule has 0 aliphatic carbocycles. The van der Waals surface area contributed by atoms with Crippen molar-refractivity contribution in [3.8, 4) is 0 Å². The van der Waals surface area contributed by atoms with E-state index in [2.05, 4.69) is 52.7 Å². The fourth-order valence-corrected chi connectivity index (χ4v) is 4.43. The van der Waals surface area contributed by atoms with Crippen LogP contribution in [0, 0.1) is 0 Å². The highest BCUT2D eigenvalue weighted by Crippen LogP contribution is 2.22. The fraction of sp³-hybridized carbons (Fsp3) is 0.632. The topological polar surface area (TPSA) is 27.7 Å². The molecule has 1 atom stereocenters. The van der Waals surface area contributed by atoms with Gasteiger partial charge in [0.1, 0.15) is 0 Å². The van der Waals surface area contributed by atoms with Gasteiger partial charge >= 0.3 is 0 Å². The number of benzene rings is 1. The van der Waals surface area contributed by atoms with Gasteiger partial charge in [0.15, 0.2) is 5.11 Å². The maximum Gasteiger partial charge on any atom is 0.173 e. The molecule has 1 N–H and O–H groups in total. The number of piperidine rings is 1. The van der Waals surface area contributed by atoms with Crippen molar-refractivity contribution < 1.29 is 4.74 Å². The van der Waals surface area contributed by atoms with Crippen LogP contribution in [0.1, 0.15) is 25.7 Å². The van der Waals surface area contributed by atoms with Crippen molar-refractivity contribution >= 4 is 34.8 Å². The Morgan fingerprint density at radius 2 is 2.16 bits per heavy atom. The lowest BCUT2D eigenvalue weighted by Gasteiger charge is -2.38. The number of hydrogen-bond acceptors (Lipinski definition) is 4. The second kappa shape index (κ2) is 9.21. The molecule has 0 amide bonds. The third kappa shape index (κ3) is 5.33. The molecule has 2 heterocycles. The van der Waals surface area contributed by atoms with Gasteiger partial charge in [-0.15, -0.1) is 11.8 Å². The van der Waals surface area contributed by atoms with Gasteiger partial charge in [-0.2, -0.15) is 0 Å². The molecule has 3 rings (SSSR count). The van der Waals surface area contributed by atoms with Crippen LogP contribution in [0.3, 0.4) is 0 Å². The van der Waals surface area contributed by atoms with E-state index in [9.17, 15) is 0 Å². The molecule has 138 valence electrons. The number of nitrogens with one attached hydrogen (secondary N) is 1. The van der Waals surface area contributed by atoms with Gasteiger partial charge in [0.05, 0.1) is 6.10 Å². The number of rotatable bonds is 5. The van der Waals surface area contributed by atoms with Crippen LogP contribution in [0.4, 0.5) is 5.69 Å². The molecule has 2 saturated heterocycles. The molecular weight excluding hydrogens is 350 g/mol. The van der Waals surface area contributed by atoms with Gasteiger partial charge in [-0.25, -0.2) is 0 Å². The maximum absolute atomic E-state index is 5.77. The van der Waals surface area contributed by atoms with Crippen LogP contribution in [0.5, 0.6) is 0 Å². The highest BCUT2D eigenvalue weighted by molar-refractivity contribution is 7.98. The minimum Gasteiger partial charge on any atom is -0.377 e. The summed E-state index contributed by atoms with van der Waals surface area (Å²) in [6.45, 7) is 4.05. The van der Waals surface area contributed by atoms with Crippen LogP contribution in [-0.2, 0) is 4.74 Å². The summed E-state index contributed by atoms with van der Waals surface area (Å²) in [5.41, 5.74) is 1.08. The van der Waals surface area contributed by atoms with Crippen molar-refractivity contribution in [2.24, 2.45) is 0 Å². The molecule has 2 aliphatic rings. The largest absolute Gasteiger partial charge is 0.377 e. The molecule has 4 nitrogen and oxygen atoms in total. The lowest BCUT2D eigenvalue weighted by atomic mass is 10.0. The summed E-state index contributed by atoms with van der Waals surface area (Å²) in [5, 5.41) is 4.25. The Morgan fingerprint density at radius 3 is 2.84 bits per heavy atom. The van der Waals surface area contributed by atoms with Gasteiger partial charge in [0.2, 0.25) is 0 Å². The molecule has 6 heteroatoms. The molecule has 2 aliphatic heterocycles. The normalized spacial score (nSPS) is 21.7. The number of thioether (sulfide) groups is 1. The van der Waals surface area contributed by atoms with Crippen LogP contribution in [0.2, 0.25) is 0 Å². The molecule has 1 aromatic carbocycles. The van der Waals surface area contributed by atoms with Crippen LogP contribution >= 0.6 is 24.0 Å². The molecule has 0 spiro atoms. The van der Waals surface area contributed by atoms with E-state index in [-0.39, 0.29) is 0 Å². The Balaban J connectivity index is 1.45. The van der Waals surface area contributed by atoms with Crippen LogP contribution < -0.4 is 5.32 Å². The second-order valence-electron chi connectivity index (χ2n) is 6.95.